The molecule has 2 saturated carbocycles. The second-order valence-electron chi connectivity index (χ2n) is 6.88. The average Bonchev–Trinajstić information content (AvgIpc) is 3.24. The fourth-order valence-corrected chi connectivity index (χ4v) is 3.40. The third kappa shape index (κ3) is 2.86. The van der Waals surface area contributed by atoms with E-state index in [1.165, 1.54) is 47.9 Å². The van der Waals surface area contributed by atoms with Crippen LogP contribution in [-0.4, -0.2) is 6.04 Å². The molecule has 1 nitrogen and oxygen atoms in total. The Labute approximate surface area is 117 Å². The largest absolute Gasteiger partial charge is 0.307 e. The molecule has 0 saturated heterocycles. The minimum Gasteiger partial charge on any atom is -0.307 e. The fourth-order valence-electron chi connectivity index (χ4n) is 3.40. The zero-order valence-electron chi connectivity index (χ0n) is 12.8. The molecule has 0 heterocycles. The maximum atomic E-state index is 3.94. The Morgan fingerprint density at radius 2 is 1.42 bits per heavy atom. The van der Waals surface area contributed by atoms with Gasteiger partial charge in [-0.15, -0.1) is 0 Å². The first-order valence-electron chi connectivity index (χ1n) is 7.90. The molecule has 1 aromatic rings. The predicted molar refractivity (Wildman–Crippen MR) is 81.4 cm³/mol. The Hall–Kier alpha value is -0.820. The van der Waals surface area contributed by atoms with E-state index < -0.39 is 0 Å². The Morgan fingerprint density at radius 3 is 1.95 bits per heavy atom. The van der Waals surface area contributed by atoms with Gasteiger partial charge in [-0.3, -0.25) is 0 Å². The topological polar surface area (TPSA) is 12.0 Å². The maximum absolute atomic E-state index is 3.94. The van der Waals surface area contributed by atoms with Gasteiger partial charge in [0.15, 0.2) is 0 Å². The summed E-state index contributed by atoms with van der Waals surface area (Å²) >= 11 is 0. The van der Waals surface area contributed by atoms with Gasteiger partial charge in [0.2, 0.25) is 0 Å². The Kier molecular flexibility index (Phi) is 3.42. The molecule has 104 valence electrons. The molecular weight excluding hydrogens is 230 g/mol. The molecule has 0 bridgehead atoms. The summed E-state index contributed by atoms with van der Waals surface area (Å²) in [4.78, 5) is 0. The molecule has 1 aromatic carbocycles. The molecule has 1 atom stereocenters. The SMILES string of the molecule is Cc1cc(C)c(C(C)NC(C2CC2)C2CC2)cc1C. The lowest BCUT2D eigenvalue weighted by molar-refractivity contribution is 0.377. The van der Waals surface area contributed by atoms with Crippen molar-refractivity contribution in [3.63, 3.8) is 0 Å². The lowest BCUT2D eigenvalue weighted by atomic mass is 9.95. The Bertz CT molecular complexity index is 457. The second kappa shape index (κ2) is 4.94. The van der Waals surface area contributed by atoms with Gasteiger partial charge in [-0.1, -0.05) is 12.1 Å². The second-order valence-corrected chi connectivity index (χ2v) is 6.88. The van der Waals surface area contributed by atoms with Crippen LogP contribution in [0.5, 0.6) is 0 Å². The molecule has 0 aromatic heterocycles. The van der Waals surface area contributed by atoms with Crippen LogP contribution in [0.25, 0.3) is 0 Å². The fraction of sp³-hybridized carbons (Fsp3) is 0.667. The summed E-state index contributed by atoms with van der Waals surface area (Å²) in [6.45, 7) is 9.03. The van der Waals surface area contributed by atoms with Crippen LogP contribution >= 0.6 is 0 Å². The van der Waals surface area contributed by atoms with Gasteiger partial charge in [-0.25, -0.2) is 0 Å². The van der Waals surface area contributed by atoms with Crippen molar-refractivity contribution in [3.8, 4) is 0 Å². The van der Waals surface area contributed by atoms with Crippen LogP contribution in [0.4, 0.5) is 0 Å². The van der Waals surface area contributed by atoms with Gasteiger partial charge >= 0.3 is 0 Å². The lowest BCUT2D eigenvalue weighted by Crippen LogP contribution is -2.35. The molecular formula is C18H27N. The highest BCUT2D eigenvalue weighted by molar-refractivity contribution is 5.38. The predicted octanol–water partition coefficient (Wildman–Crippen LogP) is 4.45. The zero-order chi connectivity index (χ0) is 13.6. The van der Waals surface area contributed by atoms with Crippen molar-refractivity contribution in [1.29, 1.82) is 0 Å². The number of hydrogen-bond acceptors (Lipinski definition) is 1. The number of aryl methyl sites for hydroxylation is 3. The number of rotatable bonds is 5. The van der Waals surface area contributed by atoms with Crippen molar-refractivity contribution >= 4 is 0 Å². The van der Waals surface area contributed by atoms with E-state index in [4.69, 9.17) is 0 Å². The van der Waals surface area contributed by atoms with Crippen molar-refractivity contribution in [2.75, 3.05) is 0 Å². The van der Waals surface area contributed by atoms with E-state index in [0.717, 1.165) is 17.9 Å². The highest BCUT2D eigenvalue weighted by Crippen LogP contribution is 2.45. The van der Waals surface area contributed by atoms with Gasteiger partial charge in [0.25, 0.3) is 0 Å². The van der Waals surface area contributed by atoms with Crippen LogP contribution in [0.15, 0.2) is 12.1 Å². The van der Waals surface area contributed by atoms with E-state index in [2.05, 4.69) is 45.1 Å². The number of benzene rings is 1. The number of nitrogens with one attached hydrogen (secondary N) is 1. The molecule has 2 aliphatic carbocycles. The average molecular weight is 257 g/mol. The molecule has 3 rings (SSSR count). The van der Waals surface area contributed by atoms with Crippen molar-refractivity contribution in [2.24, 2.45) is 11.8 Å². The van der Waals surface area contributed by atoms with E-state index in [1.807, 2.05) is 0 Å². The summed E-state index contributed by atoms with van der Waals surface area (Å²) in [7, 11) is 0. The van der Waals surface area contributed by atoms with E-state index in [0.29, 0.717) is 6.04 Å². The summed E-state index contributed by atoms with van der Waals surface area (Å²) in [5.74, 6) is 1.95. The van der Waals surface area contributed by atoms with Crippen LogP contribution in [0, 0.1) is 32.6 Å². The first kappa shape index (κ1) is 13.2. The summed E-state index contributed by atoms with van der Waals surface area (Å²) < 4.78 is 0. The van der Waals surface area contributed by atoms with E-state index >= 15 is 0 Å². The molecule has 0 radical (unpaired) electrons. The summed E-state index contributed by atoms with van der Waals surface area (Å²) in [6.07, 6.45) is 5.80. The van der Waals surface area contributed by atoms with Crippen LogP contribution in [-0.2, 0) is 0 Å². The molecule has 0 aliphatic heterocycles. The first-order valence-corrected chi connectivity index (χ1v) is 7.90. The Balaban J connectivity index is 1.75. The highest BCUT2D eigenvalue weighted by Gasteiger charge is 2.41. The summed E-state index contributed by atoms with van der Waals surface area (Å²) in [5.41, 5.74) is 5.76. The molecule has 0 spiro atoms. The van der Waals surface area contributed by atoms with Crippen LogP contribution < -0.4 is 5.32 Å². The van der Waals surface area contributed by atoms with Crippen LogP contribution in [0.2, 0.25) is 0 Å². The number of hydrogen-bond donors (Lipinski definition) is 1. The standard InChI is InChI=1S/C18H27N/c1-11-9-13(3)17(10-12(11)2)14(4)19-18(15-5-6-15)16-7-8-16/h9-10,14-16,18-19H,5-8H2,1-4H3. The van der Waals surface area contributed by atoms with Gasteiger partial charge in [-0.2, -0.15) is 0 Å². The first-order chi connectivity index (χ1) is 9.06. The van der Waals surface area contributed by atoms with Crippen molar-refractivity contribution in [1.82, 2.24) is 5.32 Å². The molecule has 1 N–H and O–H groups in total. The molecule has 19 heavy (non-hydrogen) atoms. The molecule has 2 fully saturated rings. The van der Waals surface area contributed by atoms with Gasteiger partial charge < -0.3 is 5.32 Å². The zero-order valence-corrected chi connectivity index (χ0v) is 12.8. The van der Waals surface area contributed by atoms with E-state index in [1.54, 1.807) is 0 Å². The van der Waals surface area contributed by atoms with Gasteiger partial charge in [-0.05, 0) is 87.5 Å². The smallest absolute Gasteiger partial charge is 0.0297 e. The summed E-state index contributed by atoms with van der Waals surface area (Å²) in [6, 6.07) is 6.01. The summed E-state index contributed by atoms with van der Waals surface area (Å²) in [5, 5.41) is 3.94. The third-order valence-corrected chi connectivity index (χ3v) is 5.05. The van der Waals surface area contributed by atoms with Crippen molar-refractivity contribution < 1.29 is 0 Å². The molecule has 1 heteroatoms. The highest BCUT2D eigenvalue weighted by atomic mass is 15.0. The van der Waals surface area contributed by atoms with E-state index in [-0.39, 0.29) is 0 Å². The van der Waals surface area contributed by atoms with Crippen LogP contribution in [0.3, 0.4) is 0 Å². The van der Waals surface area contributed by atoms with Gasteiger partial charge in [0.1, 0.15) is 0 Å². The minimum atomic E-state index is 0.491. The monoisotopic (exact) mass is 257 g/mol. The lowest BCUT2D eigenvalue weighted by Gasteiger charge is -2.25. The van der Waals surface area contributed by atoms with Gasteiger partial charge in [0, 0.05) is 12.1 Å². The normalized spacial score (nSPS) is 20.9. The van der Waals surface area contributed by atoms with Crippen molar-refractivity contribution in [3.05, 3.63) is 34.4 Å². The van der Waals surface area contributed by atoms with Crippen LogP contribution in [0.1, 0.15) is 60.9 Å². The molecule has 2 aliphatic rings. The maximum Gasteiger partial charge on any atom is 0.0297 e. The Morgan fingerprint density at radius 1 is 0.895 bits per heavy atom. The third-order valence-electron chi connectivity index (χ3n) is 5.05. The quantitative estimate of drug-likeness (QED) is 0.821. The minimum absolute atomic E-state index is 0.491. The molecule has 1 unspecified atom stereocenters. The van der Waals surface area contributed by atoms with Crippen molar-refractivity contribution in [2.45, 2.75) is 65.5 Å². The van der Waals surface area contributed by atoms with Gasteiger partial charge in [0.05, 0.1) is 0 Å². The molecule has 0 amide bonds. The van der Waals surface area contributed by atoms with E-state index in [9.17, 15) is 0 Å².